The van der Waals surface area contributed by atoms with E-state index in [-0.39, 0.29) is 11.3 Å². The minimum atomic E-state index is -4.37. The molecule has 0 amide bonds. The molecular weight excluding hydrogens is 212 g/mol. The second-order valence-electron chi connectivity index (χ2n) is 2.83. The van der Waals surface area contributed by atoms with E-state index in [0.717, 1.165) is 0 Å². The van der Waals surface area contributed by atoms with E-state index in [9.17, 15) is 17.6 Å². The molecule has 0 radical (unpaired) electrons. The van der Waals surface area contributed by atoms with E-state index in [1.807, 2.05) is 5.32 Å². The summed E-state index contributed by atoms with van der Waals surface area (Å²) in [6.07, 6.45) is -4.37. The molecule has 0 aromatic heterocycles. The highest BCUT2D eigenvalue weighted by Gasteiger charge is 2.27. The van der Waals surface area contributed by atoms with Gasteiger partial charge in [0.25, 0.3) is 0 Å². The Kier molecular flexibility index (Phi) is 3.28. The maximum atomic E-state index is 12.6. The van der Waals surface area contributed by atoms with Crippen LogP contribution in [-0.4, -0.2) is 18.7 Å². The Hall–Kier alpha value is -1.59. The zero-order chi connectivity index (χ0) is 11.5. The molecule has 1 aromatic rings. The van der Waals surface area contributed by atoms with Gasteiger partial charge in [-0.05, 0) is 12.1 Å². The van der Waals surface area contributed by atoms with Gasteiger partial charge in [0.15, 0.2) is 0 Å². The first-order valence-electron chi connectivity index (χ1n) is 4.04. The molecule has 0 heterocycles. The summed E-state index contributed by atoms with van der Waals surface area (Å²) in [7, 11) is 0. The molecule has 0 spiro atoms. The average molecular weight is 220 g/mol. The quantitative estimate of drug-likeness (QED) is 0.596. The zero-order valence-corrected chi connectivity index (χ0v) is 7.53. The van der Waals surface area contributed by atoms with Crippen molar-refractivity contribution in [1.82, 2.24) is 0 Å². The summed E-state index contributed by atoms with van der Waals surface area (Å²) in [6.45, 7) is -1.25. The zero-order valence-electron chi connectivity index (χ0n) is 7.53. The van der Waals surface area contributed by atoms with Gasteiger partial charge in [0.05, 0.1) is 5.56 Å². The van der Waals surface area contributed by atoms with Crippen molar-refractivity contribution in [3.05, 3.63) is 29.8 Å². The predicted octanol–water partition coefficient (Wildman–Crippen LogP) is 2.96. The molecule has 0 aliphatic rings. The summed E-state index contributed by atoms with van der Waals surface area (Å²) in [5.41, 5.74) is -0.218. The lowest BCUT2D eigenvalue weighted by Crippen LogP contribution is -2.22. The van der Waals surface area contributed by atoms with Crippen LogP contribution in [0, 0.1) is 5.41 Å². The maximum Gasteiger partial charge on any atom is 0.405 e. The van der Waals surface area contributed by atoms with Gasteiger partial charge in [0.2, 0.25) is 5.97 Å². The van der Waals surface area contributed by atoms with E-state index in [1.165, 1.54) is 24.3 Å². The maximum absolute atomic E-state index is 12.6. The Morgan fingerprint density at radius 1 is 1.27 bits per heavy atom. The Bertz CT molecular complexity index is 359. The highest BCUT2D eigenvalue weighted by molar-refractivity contribution is 5.96. The lowest BCUT2D eigenvalue weighted by atomic mass is 10.2. The largest absolute Gasteiger partial charge is 0.405 e. The van der Waals surface area contributed by atoms with Gasteiger partial charge in [-0.15, -0.1) is 0 Å². The van der Waals surface area contributed by atoms with Gasteiger partial charge < -0.3 is 5.32 Å². The molecule has 15 heavy (non-hydrogen) atoms. The van der Waals surface area contributed by atoms with Crippen LogP contribution in [0.3, 0.4) is 0 Å². The Morgan fingerprint density at radius 3 is 2.40 bits per heavy atom. The van der Waals surface area contributed by atoms with Gasteiger partial charge in [-0.3, -0.25) is 5.41 Å². The van der Waals surface area contributed by atoms with Crippen molar-refractivity contribution in [2.75, 3.05) is 11.9 Å². The molecule has 0 atom stereocenters. The minimum Gasteiger partial charge on any atom is -0.376 e. The second-order valence-corrected chi connectivity index (χ2v) is 2.83. The summed E-state index contributed by atoms with van der Waals surface area (Å²) in [6, 6.07) is 5.43. The van der Waals surface area contributed by atoms with Crippen LogP contribution in [-0.2, 0) is 0 Å². The van der Waals surface area contributed by atoms with Crippen LogP contribution in [0.15, 0.2) is 24.3 Å². The summed E-state index contributed by atoms with van der Waals surface area (Å²) >= 11 is 0. The SMILES string of the molecule is N=C(F)c1ccccc1NCC(F)(F)F. The minimum absolute atomic E-state index is 0.0395. The van der Waals surface area contributed by atoms with Gasteiger partial charge in [0, 0.05) is 5.69 Å². The Morgan fingerprint density at radius 2 is 1.87 bits per heavy atom. The van der Waals surface area contributed by atoms with Crippen LogP contribution in [0.5, 0.6) is 0 Å². The van der Waals surface area contributed by atoms with Crippen molar-refractivity contribution in [3.63, 3.8) is 0 Å². The van der Waals surface area contributed by atoms with Crippen molar-refractivity contribution in [1.29, 1.82) is 5.41 Å². The molecule has 1 rings (SSSR count). The molecule has 0 aliphatic carbocycles. The standard InChI is InChI=1S/C9H8F4N2/c10-8(14)6-3-1-2-4-7(6)15-5-9(11,12)13/h1-4,14-15H,5H2. The van der Waals surface area contributed by atoms with Crippen LogP contribution in [0.25, 0.3) is 0 Å². The van der Waals surface area contributed by atoms with Crippen molar-refractivity contribution >= 4 is 11.7 Å². The van der Waals surface area contributed by atoms with Crippen LogP contribution in [0.2, 0.25) is 0 Å². The fraction of sp³-hybridized carbons (Fsp3) is 0.222. The van der Waals surface area contributed by atoms with E-state index in [2.05, 4.69) is 0 Å². The molecule has 0 aliphatic heterocycles. The van der Waals surface area contributed by atoms with Crippen LogP contribution in [0.1, 0.15) is 5.56 Å². The molecule has 2 nitrogen and oxygen atoms in total. The van der Waals surface area contributed by atoms with Gasteiger partial charge in [-0.25, -0.2) is 0 Å². The molecule has 1 aromatic carbocycles. The highest BCUT2D eigenvalue weighted by Crippen LogP contribution is 2.20. The summed E-state index contributed by atoms with van der Waals surface area (Å²) in [5.74, 6) is -1.26. The molecule has 6 heteroatoms. The third-order valence-corrected chi connectivity index (χ3v) is 1.64. The lowest BCUT2D eigenvalue weighted by molar-refractivity contribution is -0.115. The highest BCUT2D eigenvalue weighted by atomic mass is 19.4. The number of hydrogen-bond acceptors (Lipinski definition) is 2. The smallest absolute Gasteiger partial charge is 0.376 e. The summed E-state index contributed by atoms with van der Waals surface area (Å²) < 4.78 is 48.2. The monoisotopic (exact) mass is 220 g/mol. The molecule has 0 saturated carbocycles. The van der Waals surface area contributed by atoms with Gasteiger partial charge >= 0.3 is 6.18 Å². The number of rotatable bonds is 3. The Labute approximate surface area is 83.4 Å². The van der Waals surface area contributed by atoms with Gasteiger partial charge in [-0.2, -0.15) is 17.6 Å². The fourth-order valence-corrected chi connectivity index (χ4v) is 1.02. The van der Waals surface area contributed by atoms with Crippen molar-refractivity contribution in [3.8, 4) is 0 Å². The number of anilines is 1. The van der Waals surface area contributed by atoms with Gasteiger partial charge in [-0.1, -0.05) is 12.1 Å². The second kappa shape index (κ2) is 4.29. The van der Waals surface area contributed by atoms with Crippen LogP contribution < -0.4 is 5.32 Å². The first-order valence-corrected chi connectivity index (χ1v) is 4.04. The average Bonchev–Trinajstić information content (AvgIpc) is 2.14. The summed E-state index contributed by atoms with van der Waals surface area (Å²) in [4.78, 5) is 0. The topological polar surface area (TPSA) is 35.9 Å². The van der Waals surface area contributed by atoms with E-state index in [1.54, 1.807) is 0 Å². The number of hydrogen-bond donors (Lipinski definition) is 2. The number of para-hydroxylation sites is 1. The number of halogens is 4. The molecule has 2 N–H and O–H groups in total. The molecule has 0 unspecified atom stereocenters. The van der Waals surface area contributed by atoms with E-state index in [0.29, 0.717) is 0 Å². The normalized spacial score (nSPS) is 11.2. The fourth-order valence-electron chi connectivity index (χ4n) is 1.02. The molecule has 0 saturated heterocycles. The van der Waals surface area contributed by atoms with Crippen molar-refractivity contribution in [2.45, 2.75) is 6.18 Å². The van der Waals surface area contributed by atoms with E-state index < -0.39 is 18.7 Å². The number of benzene rings is 1. The molecule has 82 valence electrons. The van der Waals surface area contributed by atoms with Crippen LogP contribution >= 0.6 is 0 Å². The molecule has 0 bridgehead atoms. The van der Waals surface area contributed by atoms with Crippen molar-refractivity contribution < 1.29 is 17.6 Å². The third-order valence-electron chi connectivity index (χ3n) is 1.64. The first-order chi connectivity index (χ1) is 6.90. The van der Waals surface area contributed by atoms with Gasteiger partial charge in [0.1, 0.15) is 6.54 Å². The Balaban J connectivity index is 2.81. The predicted molar refractivity (Wildman–Crippen MR) is 48.9 cm³/mol. The third kappa shape index (κ3) is 3.57. The van der Waals surface area contributed by atoms with E-state index in [4.69, 9.17) is 5.41 Å². The number of nitrogens with one attached hydrogen (secondary N) is 2. The van der Waals surface area contributed by atoms with Crippen LogP contribution in [0.4, 0.5) is 23.2 Å². The van der Waals surface area contributed by atoms with Crippen molar-refractivity contribution in [2.24, 2.45) is 0 Å². The lowest BCUT2D eigenvalue weighted by Gasteiger charge is -2.11. The molecule has 0 fully saturated rings. The molecular formula is C9H8F4N2. The number of alkyl halides is 3. The first kappa shape index (κ1) is 11.5. The van der Waals surface area contributed by atoms with E-state index >= 15 is 0 Å². The summed E-state index contributed by atoms with van der Waals surface area (Å²) in [5, 5.41) is 8.75.